The van der Waals surface area contributed by atoms with E-state index in [1.165, 1.54) is 11.6 Å². The Balaban J connectivity index is 3.76. The Bertz CT molecular complexity index is 147. The van der Waals surface area contributed by atoms with Crippen LogP contribution in [0.3, 0.4) is 0 Å². The Labute approximate surface area is 59.9 Å². The van der Waals surface area contributed by atoms with Gasteiger partial charge in [-0.25, -0.2) is 0 Å². The fourth-order valence-electron chi connectivity index (χ4n) is 0.362. The number of hydrogen-bond acceptors (Lipinski definition) is 2. The van der Waals surface area contributed by atoms with Crippen LogP contribution in [-0.4, -0.2) is 11.4 Å². The quantitative estimate of drug-likeness (QED) is 0.462. The van der Waals surface area contributed by atoms with Crippen LogP contribution in [0.25, 0.3) is 0 Å². The molecule has 0 heterocycles. The van der Waals surface area contributed by atoms with Crippen molar-refractivity contribution in [3.05, 3.63) is 11.6 Å². The molecule has 0 rings (SSSR count). The second-order valence-electron chi connectivity index (χ2n) is 1.85. The van der Waals surface area contributed by atoms with E-state index in [0.717, 1.165) is 5.57 Å². The summed E-state index contributed by atoms with van der Waals surface area (Å²) in [6.07, 6.45) is 1.49. The average molecular weight is 143 g/mol. The number of hydrogen-bond donors (Lipinski definition) is 1. The highest BCUT2D eigenvalue weighted by molar-refractivity contribution is 7.78. The molecule has 0 bridgehead atoms. The predicted octanol–water partition coefficient (Wildman–Crippen LogP) is 1.03. The van der Waals surface area contributed by atoms with Crippen LogP contribution in [0.1, 0.15) is 13.8 Å². The van der Waals surface area contributed by atoms with E-state index < -0.39 is 0 Å². The zero-order valence-corrected chi connectivity index (χ0v) is 6.29. The van der Waals surface area contributed by atoms with E-state index in [9.17, 15) is 4.79 Å². The van der Waals surface area contributed by atoms with E-state index in [0.29, 0.717) is 0 Å². The molecule has 3 heteroatoms. The van der Waals surface area contributed by atoms with Gasteiger partial charge in [-0.05, 0) is 13.8 Å². The summed E-state index contributed by atoms with van der Waals surface area (Å²) in [4.78, 5) is 10.6. The highest BCUT2D eigenvalue weighted by Crippen LogP contribution is 1.85. The molecule has 0 aliphatic rings. The summed E-state index contributed by atoms with van der Waals surface area (Å²) in [6.45, 7) is 3.70. The van der Waals surface area contributed by atoms with Crippen molar-refractivity contribution in [3.8, 4) is 0 Å². The van der Waals surface area contributed by atoms with E-state index in [2.05, 4.69) is 17.5 Å². The zero-order chi connectivity index (χ0) is 7.28. The van der Waals surface area contributed by atoms with Crippen molar-refractivity contribution < 1.29 is 4.79 Å². The summed E-state index contributed by atoms with van der Waals surface area (Å²) in [6, 6.07) is 0. The maximum absolute atomic E-state index is 10.6. The van der Waals surface area contributed by atoms with Gasteiger partial charge in [0, 0.05) is 6.08 Å². The van der Waals surface area contributed by atoms with Crippen molar-refractivity contribution in [1.29, 1.82) is 0 Å². The van der Waals surface area contributed by atoms with Crippen LogP contribution in [0.5, 0.6) is 0 Å². The lowest BCUT2D eigenvalue weighted by Gasteiger charge is -1.89. The van der Waals surface area contributed by atoms with Gasteiger partial charge in [-0.3, -0.25) is 4.79 Å². The number of thiocarbonyl (C=S) groups is 1. The van der Waals surface area contributed by atoms with Crippen LogP contribution in [-0.2, 0) is 4.79 Å². The number of amides is 1. The number of allylic oxidation sites excluding steroid dienone is 1. The zero-order valence-electron chi connectivity index (χ0n) is 5.47. The van der Waals surface area contributed by atoms with Gasteiger partial charge in [0.25, 0.3) is 0 Å². The van der Waals surface area contributed by atoms with E-state index >= 15 is 0 Å². The molecule has 50 valence electrons. The minimum absolute atomic E-state index is 0.162. The second kappa shape index (κ2) is 4.21. The summed E-state index contributed by atoms with van der Waals surface area (Å²) >= 11 is 4.39. The Morgan fingerprint density at radius 2 is 2.11 bits per heavy atom. The summed E-state index contributed by atoms with van der Waals surface area (Å²) in [5.41, 5.74) is 2.16. The molecule has 0 aromatic heterocycles. The monoisotopic (exact) mass is 143 g/mol. The summed E-state index contributed by atoms with van der Waals surface area (Å²) in [5.74, 6) is -0.162. The smallest absolute Gasteiger partial charge is 0.248 e. The molecule has 0 atom stereocenters. The largest absolute Gasteiger partial charge is 0.319 e. The Morgan fingerprint density at radius 1 is 1.56 bits per heavy atom. The van der Waals surface area contributed by atoms with E-state index in [1.54, 1.807) is 0 Å². The van der Waals surface area contributed by atoms with Crippen LogP contribution >= 0.6 is 12.2 Å². The number of rotatable bonds is 2. The third kappa shape index (κ3) is 5.17. The minimum Gasteiger partial charge on any atom is -0.319 e. The molecule has 0 unspecified atom stereocenters. The van der Waals surface area contributed by atoms with Gasteiger partial charge in [0.15, 0.2) is 0 Å². The third-order valence-corrected chi connectivity index (χ3v) is 0.739. The Hall–Kier alpha value is -0.700. The molecule has 0 aromatic rings. The highest BCUT2D eigenvalue weighted by atomic mass is 32.1. The van der Waals surface area contributed by atoms with Gasteiger partial charge in [0.2, 0.25) is 5.91 Å². The molecule has 0 fully saturated rings. The summed E-state index contributed by atoms with van der Waals surface area (Å²) < 4.78 is 0. The maximum atomic E-state index is 10.6. The predicted molar refractivity (Wildman–Crippen MR) is 41.2 cm³/mol. The van der Waals surface area contributed by atoms with Gasteiger partial charge in [-0.2, -0.15) is 0 Å². The van der Waals surface area contributed by atoms with Gasteiger partial charge in [-0.15, -0.1) is 0 Å². The van der Waals surface area contributed by atoms with Crippen molar-refractivity contribution in [1.82, 2.24) is 5.32 Å². The van der Waals surface area contributed by atoms with Gasteiger partial charge < -0.3 is 5.32 Å². The van der Waals surface area contributed by atoms with Crippen LogP contribution < -0.4 is 5.32 Å². The molecule has 0 saturated heterocycles. The summed E-state index contributed by atoms with van der Waals surface area (Å²) in [7, 11) is 0. The lowest BCUT2D eigenvalue weighted by molar-refractivity contribution is -0.115. The maximum Gasteiger partial charge on any atom is 0.248 e. The first-order valence-corrected chi connectivity index (χ1v) is 3.03. The molecule has 0 spiro atoms. The Morgan fingerprint density at radius 3 is 2.44 bits per heavy atom. The highest BCUT2D eigenvalue weighted by Gasteiger charge is 1.88. The van der Waals surface area contributed by atoms with Gasteiger partial charge in [-0.1, -0.05) is 17.8 Å². The molecule has 0 aliphatic carbocycles. The average Bonchev–Trinajstić information content (AvgIpc) is 1.63. The fourth-order valence-corrected chi connectivity index (χ4v) is 0.478. The molecule has 0 saturated carbocycles. The van der Waals surface area contributed by atoms with Crippen molar-refractivity contribution in [2.45, 2.75) is 13.8 Å². The molecular weight excluding hydrogens is 134 g/mol. The molecule has 1 N–H and O–H groups in total. The first kappa shape index (κ1) is 8.30. The second-order valence-corrected chi connectivity index (χ2v) is 2.08. The SMILES string of the molecule is CC(C)=CC(=O)NC=S. The molecule has 1 amide bonds. The van der Waals surface area contributed by atoms with E-state index in [4.69, 9.17) is 0 Å². The van der Waals surface area contributed by atoms with Crippen LogP contribution in [0, 0.1) is 0 Å². The van der Waals surface area contributed by atoms with Gasteiger partial charge >= 0.3 is 0 Å². The van der Waals surface area contributed by atoms with E-state index in [1.807, 2.05) is 13.8 Å². The number of nitrogens with one attached hydrogen (secondary N) is 1. The van der Waals surface area contributed by atoms with Crippen LogP contribution in [0.15, 0.2) is 11.6 Å². The van der Waals surface area contributed by atoms with Gasteiger partial charge in [0.1, 0.15) is 0 Å². The molecule has 0 aromatic carbocycles. The standard InChI is InChI=1S/C6H9NOS/c1-5(2)3-6(8)7-4-9/h3-4H,1-2H3,(H,7,8,9). The molecular formula is C6H9NOS. The fraction of sp³-hybridized carbons (Fsp3) is 0.333. The Kier molecular flexibility index (Phi) is 3.88. The lowest BCUT2D eigenvalue weighted by Crippen LogP contribution is -2.17. The molecule has 9 heavy (non-hydrogen) atoms. The first-order chi connectivity index (χ1) is 4.16. The van der Waals surface area contributed by atoms with Crippen molar-refractivity contribution in [2.75, 3.05) is 0 Å². The first-order valence-electron chi connectivity index (χ1n) is 2.56. The van der Waals surface area contributed by atoms with E-state index in [-0.39, 0.29) is 5.91 Å². The van der Waals surface area contributed by atoms with Crippen molar-refractivity contribution in [2.24, 2.45) is 0 Å². The van der Waals surface area contributed by atoms with Crippen molar-refractivity contribution >= 4 is 23.6 Å². The molecule has 0 radical (unpaired) electrons. The lowest BCUT2D eigenvalue weighted by atomic mass is 10.3. The third-order valence-electron chi connectivity index (χ3n) is 0.621. The van der Waals surface area contributed by atoms with Crippen molar-refractivity contribution in [3.63, 3.8) is 0 Å². The number of carbonyl (C=O) groups excluding carboxylic acids is 1. The van der Waals surface area contributed by atoms with Crippen LogP contribution in [0.4, 0.5) is 0 Å². The van der Waals surface area contributed by atoms with Gasteiger partial charge in [0.05, 0.1) is 5.49 Å². The topological polar surface area (TPSA) is 29.1 Å². The number of carbonyl (C=O) groups is 1. The molecule has 0 aliphatic heterocycles. The normalized spacial score (nSPS) is 7.78. The minimum atomic E-state index is -0.162. The summed E-state index contributed by atoms with van der Waals surface area (Å²) in [5, 5.41) is 2.35. The van der Waals surface area contributed by atoms with Crippen LogP contribution in [0.2, 0.25) is 0 Å². The molecule has 2 nitrogen and oxygen atoms in total.